The van der Waals surface area contributed by atoms with Crippen LogP contribution < -0.4 is 0 Å². The number of benzene rings is 1. The molecular formula is C18H18FN3O2. The zero-order valence-corrected chi connectivity index (χ0v) is 13.4. The zero-order valence-electron chi connectivity index (χ0n) is 13.4. The Labute approximate surface area is 138 Å². The van der Waals surface area contributed by atoms with E-state index in [1.54, 1.807) is 18.3 Å². The van der Waals surface area contributed by atoms with Crippen molar-refractivity contribution in [3.63, 3.8) is 0 Å². The number of hydrogen-bond donors (Lipinski definition) is 0. The summed E-state index contributed by atoms with van der Waals surface area (Å²) in [6, 6.07) is 6.43. The molecule has 4 rings (SSSR count). The smallest absolute Gasteiger partial charge is 0.255 e. The van der Waals surface area contributed by atoms with E-state index in [0.29, 0.717) is 17.5 Å². The summed E-state index contributed by atoms with van der Waals surface area (Å²) in [6.45, 7) is 0.686. The maximum absolute atomic E-state index is 13.8. The summed E-state index contributed by atoms with van der Waals surface area (Å²) in [7, 11) is 1.89. The average Bonchev–Trinajstić information content (AvgIpc) is 3.24. The number of aromatic nitrogens is 2. The molecule has 3 aromatic rings. The van der Waals surface area contributed by atoms with Crippen molar-refractivity contribution in [3.8, 4) is 0 Å². The van der Waals surface area contributed by atoms with Gasteiger partial charge in [0.25, 0.3) is 5.91 Å². The molecule has 1 fully saturated rings. The summed E-state index contributed by atoms with van der Waals surface area (Å²) >= 11 is 0. The summed E-state index contributed by atoms with van der Waals surface area (Å²) in [5.41, 5.74) is 1.64. The van der Waals surface area contributed by atoms with Gasteiger partial charge in [-0.1, -0.05) is 0 Å². The standard InChI is InChI=1S/C18H18FN3O2/c1-21-15(7-9-20-21)16-4-2-3-10-22(16)18(23)13-5-6-14(19)17-12(13)8-11-24-17/h5-9,11,16H,2-4,10H2,1H3. The van der Waals surface area contributed by atoms with Gasteiger partial charge in [0, 0.05) is 25.2 Å². The minimum absolute atomic E-state index is 0.00856. The molecule has 1 aromatic carbocycles. The second kappa shape index (κ2) is 5.78. The Balaban J connectivity index is 1.75. The van der Waals surface area contributed by atoms with E-state index in [4.69, 9.17) is 4.42 Å². The maximum Gasteiger partial charge on any atom is 0.255 e. The van der Waals surface area contributed by atoms with Crippen molar-refractivity contribution in [2.75, 3.05) is 6.54 Å². The number of likely N-dealkylation sites (tertiary alicyclic amines) is 1. The highest BCUT2D eigenvalue weighted by molar-refractivity contribution is 6.06. The Morgan fingerprint density at radius 1 is 1.29 bits per heavy atom. The highest BCUT2D eigenvalue weighted by atomic mass is 19.1. The van der Waals surface area contributed by atoms with Crippen LogP contribution in [0.4, 0.5) is 4.39 Å². The predicted molar refractivity (Wildman–Crippen MR) is 87.0 cm³/mol. The van der Waals surface area contributed by atoms with Crippen LogP contribution in [0.3, 0.4) is 0 Å². The molecule has 0 N–H and O–H groups in total. The van der Waals surface area contributed by atoms with Crippen LogP contribution in [0.5, 0.6) is 0 Å². The molecular weight excluding hydrogens is 309 g/mol. The van der Waals surface area contributed by atoms with E-state index in [1.165, 1.54) is 12.3 Å². The monoisotopic (exact) mass is 327 g/mol. The molecule has 0 aliphatic carbocycles. The fraction of sp³-hybridized carbons (Fsp3) is 0.333. The van der Waals surface area contributed by atoms with Gasteiger partial charge in [-0.05, 0) is 43.5 Å². The van der Waals surface area contributed by atoms with Crippen LogP contribution in [0, 0.1) is 5.82 Å². The Morgan fingerprint density at radius 2 is 2.17 bits per heavy atom. The van der Waals surface area contributed by atoms with E-state index in [1.807, 2.05) is 22.7 Å². The molecule has 0 radical (unpaired) electrons. The fourth-order valence-electron chi connectivity index (χ4n) is 3.56. The van der Waals surface area contributed by atoms with Crippen LogP contribution in [-0.2, 0) is 7.05 Å². The number of amides is 1. The lowest BCUT2D eigenvalue weighted by molar-refractivity contribution is 0.0603. The van der Waals surface area contributed by atoms with Crippen molar-refractivity contribution >= 4 is 16.9 Å². The van der Waals surface area contributed by atoms with Gasteiger partial charge in [0.2, 0.25) is 0 Å². The van der Waals surface area contributed by atoms with E-state index >= 15 is 0 Å². The van der Waals surface area contributed by atoms with Gasteiger partial charge in [0.15, 0.2) is 11.4 Å². The average molecular weight is 327 g/mol. The Bertz CT molecular complexity index is 899. The maximum atomic E-state index is 13.8. The molecule has 1 aliphatic heterocycles. The summed E-state index contributed by atoms with van der Waals surface area (Å²) in [5, 5.41) is 4.75. The molecule has 1 saturated heterocycles. The molecule has 1 aliphatic rings. The number of furan rings is 1. The lowest BCUT2D eigenvalue weighted by atomic mass is 9.97. The van der Waals surface area contributed by atoms with Crippen LogP contribution in [0.1, 0.15) is 41.4 Å². The van der Waals surface area contributed by atoms with Gasteiger partial charge < -0.3 is 9.32 Å². The number of halogens is 1. The van der Waals surface area contributed by atoms with E-state index in [9.17, 15) is 9.18 Å². The number of carbonyl (C=O) groups excluding carboxylic acids is 1. The second-order valence-electron chi connectivity index (χ2n) is 6.15. The third-order valence-corrected chi connectivity index (χ3v) is 4.76. The summed E-state index contributed by atoms with van der Waals surface area (Å²) in [6.07, 6.45) is 6.11. The molecule has 1 amide bonds. The molecule has 1 unspecified atom stereocenters. The largest absolute Gasteiger partial charge is 0.461 e. The van der Waals surface area contributed by atoms with E-state index in [0.717, 1.165) is 25.0 Å². The van der Waals surface area contributed by atoms with Gasteiger partial charge in [0.1, 0.15) is 0 Å². The molecule has 24 heavy (non-hydrogen) atoms. The zero-order chi connectivity index (χ0) is 16.7. The van der Waals surface area contributed by atoms with Crippen LogP contribution >= 0.6 is 0 Å². The van der Waals surface area contributed by atoms with Crippen molar-refractivity contribution < 1.29 is 13.6 Å². The van der Waals surface area contributed by atoms with Crippen LogP contribution in [0.25, 0.3) is 11.0 Å². The molecule has 124 valence electrons. The molecule has 0 saturated carbocycles. The molecule has 0 spiro atoms. The summed E-state index contributed by atoms with van der Waals surface area (Å²) in [5.74, 6) is -0.541. The van der Waals surface area contributed by atoms with Crippen molar-refractivity contribution in [3.05, 3.63) is 53.8 Å². The lowest BCUT2D eigenvalue weighted by Gasteiger charge is -2.36. The first-order valence-corrected chi connectivity index (χ1v) is 8.11. The number of fused-ring (bicyclic) bond motifs is 1. The second-order valence-corrected chi connectivity index (χ2v) is 6.15. The molecule has 3 heterocycles. The lowest BCUT2D eigenvalue weighted by Crippen LogP contribution is -2.39. The Morgan fingerprint density at radius 3 is 2.96 bits per heavy atom. The topological polar surface area (TPSA) is 51.3 Å². The van der Waals surface area contributed by atoms with Crippen LogP contribution in [0.2, 0.25) is 0 Å². The quantitative estimate of drug-likeness (QED) is 0.721. The molecule has 6 heteroatoms. The first-order valence-electron chi connectivity index (χ1n) is 8.11. The highest BCUT2D eigenvalue weighted by Gasteiger charge is 2.31. The summed E-state index contributed by atoms with van der Waals surface area (Å²) < 4.78 is 20.8. The number of carbonyl (C=O) groups is 1. The highest BCUT2D eigenvalue weighted by Crippen LogP contribution is 2.33. The van der Waals surface area contributed by atoms with Gasteiger partial charge in [-0.2, -0.15) is 5.10 Å². The van der Waals surface area contributed by atoms with Gasteiger partial charge in [-0.3, -0.25) is 9.48 Å². The van der Waals surface area contributed by atoms with E-state index < -0.39 is 5.82 Å². The van der Waals surface area contributed by atoms with E-state index in [2.05, 4.69) is 5.10 Å². The number of piperidine rings is 1. The van der Waals surface area contributed by atoms with Gasteiger partial charge >= 0.3 is 0 Å². The molecule has 5 nitrogen and oxygen atoms in total. The number of hydrogen-bond acceptors (Lipinski definition) is 3. The Kier molecular flexibility index (Phi) is 3.59. The van der Waals surface area contributed by atoms with Gasteiger partial charge in [0.05, 0.1) is 23.6 Å². The predicted octanol–water partition coefficient (Wildman–Crippen LogP) is 3.67. The van der Waals surface area contributed by atoms with Gasteiger partial charge in [-0.25, -0.2) is 4.39 Å². The number of aryl methyl sites for hydroxylation is 1. The summed E-state index contributed by atoms with van der Waals surface area (Å²) in [4.78, 5) is 15.0. The number of rotatable bonds is 2. The first kappa shape index (κ1) is 14.9. The van der Waals surface area contributed by atoms with E-state index in [-0.39, 0.29) is 17.5 Å². The minimum atomic E-state index is -0.451. The first-order chi connectivity index (χ1) is 11.7. The molecule has 2 aromatic heterocycles. The minimum Gasteiger partial charge on any atom is -0.461 e. The molecule has 0 bridgehead atoms. The molecule has 1 atom stereocenters. The Hall–Kier alpha value is -2.63. The van der Waals surface area contributed by atoms with Crippen molar-refractivity contribution in [2.24, 2.45) is 7.05 Å². The third kappa shape index (κ3) is 2.29. The normalized spacial score (nSPS) is 18.2. The van der Waals surface area contributed by atoms with Crippen molar-refractivity contribution in [1.29, 1.82) is 0 Å². The van der Waals surface area contributed by atoms with Gasteiger partial charge in [-0.15, -0.1) is 0 Å². The van der Waals surface area contributed by atoms with Crippen molar-refractivity contribution in [1.82, 2.24) is 14.7 Å². The van der Waals surface area contributed by atoms with Crippen molar-refractivity contribution in [2.45, 2.75) is 25.3 Å². The van der Waals surface area contributed by atoms with Crippen LogP contribution in [-0.4, -0.2) is 27.1 Å². The third-order valence-electron chi connectivity index (χ3n) is 4.76. The number of nitrogens with zero attached hydrogens (tertiary/aromatic N) is 3. The SMILES string of the molecule is Cn1nccc1C1CCCCN1C(=O)c1ccc(F)c2occc12. The fourth-order valence-corrected chi connectivity index (χ4v) is 3.56. The van der Waals surface area contributed by atoms with Crippen LogP contribution in [0.15, 0.2) is 41.1 Å².